The topological polar surface area (TPSA) is 0 Å². The van der Waals surface area contributed by atoms with E-state index in [1.165, 1.54) is 11.3 Å². The Morgan fingerprint density at radius 3 is 2.56 bits per heavy atom. The Morgan fingerprint density at radius 2 is 1.94 bits per heavy atom. The van der Waals surface area contributed by atoms with Gasteiger partial charge in [0.2, 0.25) is 0 Å². The third-order valence-corrected chi connectivity index (χ3v) is 5.37. The predicted octanol–water partition coefficient (Wildman–Crippen LogP) is 5.54. The van der Waals surface area contributed by atoms with E-state index in [4.69, 9.17) is 0 Å². The zero-order valence-electron chi connectivity index (χ0n) is 7.68. The van der Waals surface area contributed by atoms with Crippen molar-refractivity contribution in [1.29, 1.82) is 0 Å². The van der Waals surface area contributed by atoms with Crippen molar-refractivity contribution in [3.05, 3.63) is 31.1 Å². The lowest BCUT2D eigenvalue weighted by Crippen LogP contribution is -2.03. The second-order valence-electron chi connectivity index (χ2n) is 3.14. The Morgan fingerprint density at radius 1 is 1.25 bits per heavy atom. The van der Waals surface area contributed by atoms with E-state index in [1.54, 1.807) is 12.1 Å². The third-order valence-electron chi connectivity index (χ3n) is 2.16. The second-order valence-corrected chi connectivity index (χ2v) is 6.83. The van der Waals surface area contributed by atoms with Gasteiger partial charge in [0.05, 0.1) is 2.88 Å². The van der Waals surface area contributed by atoms with Gasteiger partial charge >= 0.3 is 0 Å². The first-order valence-electron chi connectivity index (χ1n) is 4.31. The number of thiophene rings is 1. The summed E-state index contributed by atoms with van der Waals surface area (Å²) in [6.07, 6.45) is -5.19. The summed E-state index contributed by atoms with van der Waals surface area (Å²) >= 11 is 6.55. The molecule has 1 aromatic heterocycles. The van der Waals surface area contributed by atoms with E-state index in [2.05, 4.69) is 15.9 Å². The quantitative estimate of drug-likeness (QED) is 0.559. The first kappa shape index (κ1) is 12.6. The summed E-state index contributed by atoms with van der Waals surface area (Å²) in [6, 6.07) is 5.20. The van der Waals surface area contributed by atoms with Crippen LogP contribution in [0.4, 0.5) is 13.2 Å². The Kier molecular flexibility index (Phi) is 3.80. The van der Waals surface area contributed by atoms with Gasteiger partial charge in [-0.1, -0.05) is 12.1 Å². The smallest absolute Gasteiger partial charge is 0.236 e. The van der Waals surface area contributed by atoms with Crippen LogP contribution in [0.5, 0.6) is 0 Å². The van der Waals surface area contributed by atoms with Crippen molar-refractivity contribution in [2.75, 3.05) is 0 Å². The van der Waals surface area contributed by atoms with Crippen LogP contribution >= 0.6 is 49.9 Å². The van der Waals surface area contributed by atoms with E-state index < -0.39 is 12.6 Å². The fraction of sp³-hybridized carbons (Fsp3) is 0.200. The van der Waals surface area contributed by atoms with Gasteiger partial charge in [0.25, 0.3) is 6.43 Å². The highest BCUT2D eigenvalue weighted by Gasteiger charge is 2.27. The van der Waals surface area contributed by atoms with Crippen LogP contribution < -0.4 is 0 Å². The highest BCUT2D eigenvalue weighted by molar-refractivity contribution is 14.1. The number of alkyl halides is 3. The summed E-state index contributed by atoms with van der Waals surface area (Å²) in [4.78, 5) is 0. The molecule has 86 valence electrons. The van der Waals surface area contributed by atoms with Crippen LogP contribution in [0.1, 0.15) is 11.7 Å². The highest BCUT2D eigenvalue weighted by Crippen LogP contribution is 2.42. The lowest BCUT2D eigenvalue weighted by atomic mass is 10.1. The summed E-state index contributed by atoms with van der Waals surface area (Å²) in [7, 11) is 0. The van der Waals surface area contributed by atoms with Crippen LogP contribution in [0.3, 0.4) is 0 Å². The summed E-state index contributed by atoms with van der Waals surface area (Å²) < 4.78 is 40.5. The summed E-state index contributed by atoms with van der Waals surface area (Å²) in [6.45, 7) is 0. The molecule has 0 fully saturated rings. The molecule has 1 aromatic carbocycles. The van der Waals surface area contributed by atoms with Gasteiger partial charge < -0.3 is 0 Å². The van der Waals surface area contributed by atoms with Gasteiger partial charge in [-0.2, -0.15) is 0 Å². The predicted molar refractivity (Wildman–Crippen MR) is 72.1 cm³/mol. The van der Waals surface area contributed by atoms with Crippen molar-refractivity contribution in [2.45, 2.75) is 12.6 Å². The maximum Gasteiger partial charge on any atom is 0.273 e. The van der Waals surface area contributed by atoms with Crippen molar-refractivity contribution in [3.63, 3.8) is 0 Å². The van der Waals surface area contributed by atoms with Crippen molar-refractivity contribution in [1.82, 2.24) is 0 Å². The SMILES string of the molecule is FC(F)C(F)c1c(I)sc2c(Br)cccc12. The molecule has 2 aromatic rings. The largest absolute Gasteiger partial charge is 0.273 e. The maximum atomic E-state index is 13.5. The van der Waals surface area contributed by atoms with E-state index in [1.807, 2.05) is 28.7 Å². The Bertz CT molecular complexity index is 526. The zero-order valence-corrected chi connectivity index (χ0v) is 12.2. The molecule has 0 amide bonds. The first-order chi connectivity index (χ1) is 7.52. The fourth-order valence-corrected chi connectivity index (χ4v) is 4.28. The standard InChI is InChI=1S/C10H5BrF3IS/c11-5-3-1-2-4-6(7(12)9(13)14)10(15)16-8(4)5/h1-3,7,9H. The van der Waals surface area contributed by atoms with Gasteiger partial charge in [-0.15, -0.1) is 11.3 Å². The number of hydrogen-bond acceptors (Lipinski definition) is 1. The van der Waals surface area contributed by atoms with E-state index in [0.29, 0.717) is 8.27 Å². The molecular formula is C10H5BrF3IS. The van der Waals surface area contributed by atoms with Crippen LogP contribution in [-0.2, 0) is 0 Å². The molecule has 0 saturated heterocycles. The minimum absolute atomic E-state index is 0.108. The molecule has 0 saturated carbocycles. The molecule has 0 spiro atoms. The number of hydrogen-bond donors (Lipinski definition) is 0. The molecule has 0 aliphatic rings. The number of benzene rings is 1. The highest BCUT2D eigenvalue weighted by atomic mass is 127. The average molecular weight is 421 g/mol. The Balaban J connectivity index is 2.70. The van der Waals surface area contributed by atoms with Crippen LogP contribution in [0.25, 0.3) is 10.1 Å². The third kappa shape index (κ3) is 2.11. The number of rotatable bonds is 2. The molecule has 1 unspecified atom stereocenters. The van der Waals surface area contributed by atoms with Gasteiger partial charge in [0, 0.05) is 20.1 Å². The molecule has 2 rings (SSSR count). The fourth-order valence-electron chi connectivity index (χ4n) is 1.46. The second kappa shape index (κ2) is 4.81. The molecular weight excluding hydrogens is 416 g/mol. The minimum Gasteiger partial charge on any atom is -0.236 e. The molecule has 0 N–H and O–H groups in total. The van der Waals surface area contributed by atoms with Crippen molar-refractivity contribution >= 4 is 59.9 Å². The zero-order chi connectivity index (χ0) is 11.9. The molecule has 1 heterocycles. The molecule has 6 heteroatoms. The van der Waals surface area contributed by atoms with Gasteiger partial charge in [0.1, 0.15) is 0 Å². The summed E-state index contributed by atoms with van der Waals surface area (Å²) in [5.74, 6) is 0. The van der Waals surface area contributed by atoms with Crippen molar-refractivity contribution < 1.29 is 13.2 Å². The molecule has 0 aliphatic carbocycles. The van der Waals surface area contributed by atoms with Gasteiger partial charge in [-0.05, 0) is 44.6 Å². The molecule has 0 bridgehead atoms. The first-order valence-corrected chi connectivity index (χ1v) is 7.00. The summed E-state index contributed by atoms with van der Waals surface area (Å²) in [5, 5.41) is 0.566. The van der Waals surface area contributed by atoms with Gasteiger partial charge in [0.15, 0.2) is 6.17 Å². The van der Waals surface area contributed by atoms with Gasteiger partial charge in [-0.25, -0.2) is 13.2 Å². The summed E-state index contributed by atoms with van der Waals surface area (Å²) in [5.41, 5.74) is 0.108. The Labute approximate surface area is 116 Å². The maximum absolute atomic E-state index is 13.5. The lowest BCUT2D eigenvalue weighted by molar-refractivity contribution is 0.0501. The van der Waals surface area contributed by atoms with Crippen molar-refractivity contribution in [3.8, 4) is 0 Å². The van der Waals surface area contributed by atoms with E-state index in [0.717, 1.165) is 9.17 Å². The lowest BCUT2D eigenvalue weighted by Gasteiger charge is -2.06. The normalized spacial score (nSPS) is 13.6. The molecule has 1 atom stereocenters. The minimum atomic E-state index is -2.98. The average Bonchev–Trinajstić information content (AvgIpc) is 2.55. The van der Waals surface area contributed by atoms with Crippen LogP contribution in [0, 0.1) is 2.88 Å². The van der Waals surface area contributed by atoms with E-state index in [-0.39, 0.29) is 5.56 Å². The van der Waals surface area contributed by atoms with Gasteiger partial charge in [-0.3, -0.25) is 0 Å². The number of fused-ring (bicyclic) bond motifs is 1. The molecule has 0 nitrogen and oxygen atoms in total. The monoisotopic (exact) mass is 420 g/mol. The molecule has 0 radical (unpaired) electrons. The van der Waals surface area contributed by atoms with E-state index in [9.17, 15) is 13.2 Å². The molecule has 0 aliphatic heterocycles. The number of halogens is 5. The van der Waals surface area contributed by atoms with Crippen molar-refractivity contribution in [2.24, 2.45) is 0 Å². The van der Waals surface area contributed by atoms with Crippen LogP contribution in [0.15, 0.2) is 22.7 Å². The van der Waals surface area contributed by atoms with Crippen LogP contribution in [-0.4, -0.2) is 6.43 Å². The van der Waals surface area contributed by atoms with Crippen LogP contribution in [0.2, 0.25) is 0 Å². The Hall–Kier alpha value is 0.180. The van der Waals surface area contributed by atoms with E-state index >= 15 is 0 Å². The molecule has 16 heavy (non-hydrogen) atoms.